The standard InChI is InChI=1S/C11H12BrClN2/c1-2-15(6-5-14)8-9-3-4-10(12)7-11(9)13/h3-4,7H,2,6,8H2,1H3. The van der Waals surface area contributed by atoms with Crippen molar-refractivity contribution in [3.63, 3.8) is 0 Å². The molecule has 0 fully saturated rings. The number of nitrogens with zero attached hydrogens (tertiary/aromatic N) is 2. The molecule has 4 heteroatoms. The Balaban J connectivity index is 2.75. The van der Waals surface area contributed by atoms with Gasteiger partial charge in [-0.3, -0.25) is 4.90 Å². The second-order valence-corrected chi connectivity index (χ2v) is 4.52. The van der Waals surface area contributed by atoms with Gasteiger partial charge in [0.2, 0.25) is 0 Å². The molecule has 0 aliphatic rings. The molecule has 1 aromatic carbocycles. The van der Waals surface area contributed by atoms with Gasteiger partial charge in [0.1, 0.15) is 0 Å². The number of hydrogen-bond donors (Lipinski definition) is 0. The van der Waals surface area contributed by atoms with E-state index in [2.05, 4.69) is 22.0 Å². The van der Waals surface area contributed by atoms with Gasteiger partial charge in [0, 0.05) is 16.0 Å². The van der Waals surface area contributed by atoms with Crippen LogP contribution in [0.1, 0.15) is 12.5 Å². The molecule has 0 aliphatic carbocycles. The van der Waals surface area contributed by atoms with Gasteiger partial charge in [0.15, 0.2) is 0 Å². The Morgan fingerprint density at radius 1 is 1.53 bits per heavy atom. The lowest BCUT2D eigenvalue weighted by atomic mass is 10.2. The van der Waals surface area contributed by atoms with Crippen molar-refractivity contribution in [2.24, 2.45) is 0 Å². The molecule has 0 bridgehead atoms. The largest absolute Gasteiger partial charge is 0.286 e. The molecule has 0 heterocycles. The first-order valence-electron chi connectivity index (χ1n) is 4.70. The maximum Gasteiger partial charge on any atom is 0.0868 e. The van der Waals surface area contributed by atoms with Crippen LogP contribution in [0.15, 0.2) is 22.7 Å². The number of hydrogen-bond acceptors (Lipinski definition) is 2. The van der Waals surface area contributed by atoms with Crippen LogP contribution >= 0.6 is 27.5 Å². The molecule has 80 valence electrons. The van der Waals surface area contributed by atoms with Gasteiger partial charge in [0.25, 0.3) is 0 Å². The lowest BCUT2D eigenvalue weighted by Crippen LogP contribution is -2.23. The van der Waals surface area contributed by atoms with Crippen LogP contribution in [0.4, 0.5) is 0 Å². The van der Waals surface area contributed by atoms with Crippen molar-refractivity contribution in [1.29, 1.82) is 5.26 Å². The highest BCUT2D eigenvalue weighted by atomic mass is 79.9. The van der Waals surface area contributed by atoms with Crippen LogP contribution in [-0.4, -0.2) is 18.0 Å². The van der Waals surface area contributed by atoms with Crippen molar-refractivity contribution in [3.05, 3.63) is 33.3 Å². The number of benzene rings is 1. The lowest BCUT2D eigenvalue weighted by Gasteiger charge is -2.17. The Bertz CT molecular complexity index is 373. The SMILES string of the molecule is CCN(CC#N)Cc1ccc(Br)cc1Cl. The van der Waals surface area contributed by atoms with E-state index in [1.54, 1.807) is 0 Å². The van der Waals surface area contributed by atoms with Crippen LogP contribution in [0, 0.1) is 11.3 Å². The summed E-state index contributed by atoms with van der Waals surface area (Å²) in [6.45, 7) is 4.03. The van der Waals surface area contributed by atoms with E-state index in [9.17, 15) is 0 Å². The number of halogens is 2. The van der Waals surface area contributed by atoms with E-state index >= 15 is 0 Å². The lowest BCUT2D eigenvalue weighted by molar-refractivity contribution is 0.315. The molecule has 0 N–H and O–H groups in total. The molecule has 0 aromatic heterocycles. The summed E-state index contributed by atoms with van der Waals surface area (Å²) in [7, 11) is 0. The van der Waals surface area contributed by atoms with Crippen molar-refractivity contribution in [1.82, 2.24) is 4.90 Å². The smallest absolute Gasteiger partial charge is 0.0868 e. The Hall–Kier alpha value is -0.560. The van der Waals surface area contributed by atoms with Crippen LogP contribution in [0.5, 0.6) is 0 Å². The van der Waals surface area contributed by atoms with Gasteiger partial charge in [-0.05, 0) is 24.2 Å². The van der Waals surface area contributed by atoms with Crippen molar-refractivity contribution < 1.29 is 0 Å². The second-order valence-electron chi connectivity index (χ2n) is 3.20. The second kappa shape index (κ2) is 6.12. The van der Waals surface area contributed by atoms with Gasteiger partial charge in [-0.2, -0.15) is 5.26 Å². The summed E-state index contributed by atoms with van der Waals surface area (Å²) in [6, 6.07) is 7.95. The third-order valence-corrected chi connectivity index (χ3v) is 3.00. The fourth-order valence-corrected chi connectivity index (χ4v) is 2.00. The summed E-state index contributed by atoms with van der Waals surface area (Å²) in [5.74, 6) is 0. The van der Waals surface area contributed by atoms with Crippen molar-refractivity contribution >= 4 is 27.5 Å². The van der Waals surface area contributed by atoms with E-state index in [1.165, 1.54) is 0 Å². The Labute approximate surface area is 104 Å². The van der Waals surface area contributed by atoms with Gasteiger partial charge >= 0.3 is 0 Å². The maximum absolute atomic E-state index is 8.63. The maximum atomic E-state index is 8.63. The molecule has 0 aliphatic heterocycles. The highest BCUT2D eigenvalue weighted by molar-refractivity contribution is 9.10. The fourth-order valence-electron chi connectivity index (χ4n) is 1.27. The van der Waals surface area contributed by atoms with Crippen LogP contribution in [0.25, 0.3) is 0 Å². The predicted octanol–water partition coefficient (Wildman–Crippen LogP) is 3.45. The van der Waals surface area contributed by atoms with E-state index < -0.39 is 0 Å². The third kappa shape index (κ3) is 3.83. The minimum Gasteiger partial charge on any atom is -0.286 e. The van der Waals surface area contributed by atoms with Gasteiger partial charge < -0.3 is 0 Å². The summed E-state index contributed by atoms with van der Waals surface area (Å²) in [6.07, 6.45) is 0. The van der Waals surface area contributed by atoms with E-state index in [0.29, 0.717) is 6.54 Å². The van der Waals surface area contributed by atoms with Gasteiger partial charge in [-0.15, -0.1) is 0 Å². The molecule has 2 nitrogen and oxygen atoms in total. The Morgan fingerprint density at radius 2 is 2.27 bits per heavy atom. The molecule has 0 radical (unpaired) electrons. The highest BCUT2D eigenvalue weighted by Crippen LogP contribution is 2.22. The van der Waals surface area contributed by atoms with E-state index in [1.807, 2.05) is 30.0 Å². The molecule has 0 amide bonds. The van der Waals surface area contributed by atoms with E-state index in [0.717, 1.165) is 28.1 Å². The van der Waals surface area contributed by atoms with Crippen molar-refractivity contribution in [2.45, 2.75) is 13.5 Å². The Kier molecular flexibility index (Phi) is 5.10. The van der Waals surface area contributed by atoms with E-state index in [-0.39, 0.29) is 0 Å². The molecule has 0 saturated carbocycles. The average molecular weight is 288 g/mol. The molecule has 0 spiro atoms. The first-order valence-corrected chi connectivity index (χ1v) is 5.87. The number of rotatable bonds is 4. The van der Waals surface area contributed by atoms with Gasteiger partial charge in [0.05, 0.1) is 12.6 Å². The zero-order valence-corrected chi connectivity index (χ0v) is 10.8. The van der Waals surface area contributed by atoms with Crippen LogP contribution < -0.4 is 0 Å². The van der Waals surface area contributed by atoms with Crippen molar-refractivity contribution in [2.75, 3.05) is 13.1 Å². The van der Waals surface area contributed by atoms with E-state index in [4.69, 9.17) is 16.9 Å². The van der Waals surface area contributed by atoms with Crippen LogP contribution in [-0.2, 0) is 6.54 Å². The molecule has 15 heavy (non-hydrogen) atoms. The molecular weight excluding hydrogens is 275 g/mol. The molecule has 1 rings (SSSR count). The fraction of sp³-hybridized carbons (Fsp3) is 0.364. The highest BCUT2D eigenvalue weighted by Gasteiger charge is 2.06. The molecule has 0 saturated heterocycles. The summed E-state index contributed by atoms with van der Waals surface area (Å²) in [4.78, 5) is 2.04. The first-order chi connectivity index (χ1) is 7.17. The third-order valence-electron chi connectivity index (χ3n) is 2.15. The topological polar surface area (TPSA) is 27.0 Å². The normalized spacial score (nSPS) is 10.3. The van der Waals surface area contributed by atoms with Crippen molar-refractivity contribution in [3.8, 4) is 6.07 Å². The van der Waals surface area contributed by atoms with Gasteiger partial charge in [-0.1, -0.05) is 40.5 Å². The summed E-state index contributed by atoms with van der Waals surface area (Å²) in [5, 5.41) is 9.36. The summed E-state index contributed by atoms with van der Waals surface area (Å²) >= 11 is 9.45. The van der Waals surface area contributed by atoms with Gasteiger partial charge in [-0.25, -0.2) is 0 Å². The minimum absolute atomic E-state index is 0.433. The minimum atomic E-state index is 0.433. The Morgan fingerprint density at radius 3 is 2.80 bits per heavy atom. The number of nitriles is 1. The van der Waals surface area contributed by atoms with Crippen LogP contribution in [0.2, 0.25) is 5.02 Å². The summed E-state index contributed by atoms with van der Waals surface area (Å²) in [5.41, 5.74) is 1.05. The molecule has 0 unspecified atom stereocenters. The quantitative estimate of drug-likeness (QED) is 0.793. The monoisotopic (exact) mass is 286 g/mol. The summed E-state index contributed by atoms with van der Waals surface area (Å²) < 4.78 is 0.972. The molecule has 1 aromatic rings. The predicted molar refractivity (Wildman–Crippen MR) is 65.7 cm³/mol. The molecule has 0 atom stereocenters. The average Bonchev–Trinajstić information content (AvgIpc) is 2.21. The molecular formula is C11H12BrClN2. The zero-order chi connectivity index (χ0) is 11.3. The first kappa shape index (κ1) is 12.5. The zero-order valence-electron chi connectivity index (χ0n) is 8.50. The van der Waals surface area contributed by atoms with Crippen LogP contribution in [0.3, 0.4) is 0 Å².